The SMILES string of the molecule is COc1ccc2nccc([C@@H](O)CN3CCC(NC(=O)c4cc5ccccc5[nH]4)CC3)c2c1.CS(=O)(=O)O. The lowest BCUT2D eigenvalue weighted by atomic mass is 10.0. The van der Waals surface area contributed by atoms with Crippen LogP contribution in [0, 0.1) is 0 Å². The smallest absolute Gasteiger partial charge is 0.267 e. The number of amides is 1. The quantitative estimate of drug-likeness (QED) is 0.273. The topological polar surface area (TPSA) is 145 Å². The van der Waals surface area contributed by atoms with Gasteiger partial charge in [-0.25, -0.2) is 0 Å². The van der Waals surface area contributed by atoms with Crippen LogP contribution < -0.4 is 10.1 Å². The fourth-order valence-corrected chi connectivity index (χ4v) is 4.63. The molecule has 4 N–H and O–H groups in total. The standard InChI is InChI=1S/C26H28N4O3.CH4O3S/c1-33-19-6-7-23-21(15-19)20(8-11-27-23)25(31)16-30-12-9-18(10-13-30)28-26(32)24-14-17-4-2-3-5-22(17)29-24;1-5(2,3)4/h2-8,11,14-15,18,25,29,31H,9-10,12-13,16H2,1H3,(H,28,32);1H3,(H,2,3,4)/t25-;/m0./s1. The maximum absolute atomic E-state index is 12.7. The number of aliphatic hydroxyl groups is 1. The van der Waals surface area contributed by atoms with E-state index in [1.54, 1.807) is 13.3 Å². The summed E-state index contributed by atoms with van der Waals surface area (Å²) < 4.78 is 31.2. The Hall–Kier alpha value is -3.51. The van der Waals surface area contributed by atoms with Gasteiger partial charge in [0.15, 0.2) is 0 Å². The predicted octanol–water partition coefficient (Wildman–Crippen LogP) is 3.16. The van der Waals surface area contributed by atoms with Gasteiger partial charge in [-0.15, -0.1) is 0 Å². The van der Waals surface area contributed by atoms with Gasteiger partial charge in [0, 0.05) is 48.2 Å². The number of piperidine rings is 1. The van der Waals surface area contributed by atoms with Crippen LogP contribution in [0.3, 0.4) is 0 Å². The lowest BCUT2D eigenvalue weighted by molar-refractivity contribution is 0.0828. The van der Waals surface area contributed by atoms with E-state index in [9.17, 15) is 18.3 Å². The van der Waals surface area contributed by atoms with Crippen molar-refractivity contribution < 1.29 is 27.6 Å². The number of hydrogen-bond donors (Lipinski definition) is 4. The molecule has 1 amide bonds. The second kappa shape index (κ2) is 11.9. The molecular weight excluding hydrogens is 508 g/mol. The maximum atomic E-state index is 12.7. The Balaban J connectivity index is 0.000000617. The van der Waals surface area contributed by atoms with Crippen LogP contribution in [0.15, 0.2) is 60.8 Å². The third kappa shape index (κ3) is 7.29. The number of benzene rings is 2. The van der Waals surface area contributed by atoms with Crippen LogP contribution in [0.2, 0.25) is 0 Å². The van der Waals surface area contributed by atoms with Crippen molar-refractivity contribution in [3.05, 3.63) is 72.1 Å². The van der Waals surface area contributed by atoms with Crippen LogP contribution in [-0.2, 0) is 10.1 Å². The number of aliphatic hydroxyl groups excluding tert-OH is 1. The molecule has 0 unspecified atom stereocenters. The Bertz CT molecular complexity index is 1470. The number of hydrogen-bond acceptors (Lipinski definition) is 7. The average Bonchev–Trinajstić information content (AvgIpc) is 3.33. The molecule has 1 aliphatic rings. The summed E-state index contributed by atoms with van der Waals surface area (Å²) in [6.45, 7) is 2.18. The monoisotopic (exact) mass is 540 g/mol. The molecule has 4 aromatic rings. The highest BCUT2D eigenvalue weighted by atomic mass is 32.2. The lowest BCUT2D eigenvalue weighted by Crippen LogP contribution is -2.45. The molecule has 11 heteroatoms. The minimum atomic E-state index is -3.67. The number of aromatic nitrogens is 2. The van der Waals surface area contributed by atoms with Crippen LogP contribution >= 0.6 is 0 Å². The van der Waals surface area contributed by atoms with Gasteiger partial charge < -0.3 is 25.0 Å². The third-order valence-corrected chi connectivity index (χ3v) is 6.47. The van der Waals surface area contributed by atoms with Crippen molar-refractivity contribution in [2.75, 3.05) is 33.0 Å². The van der Waals surface area contributed by atoms with Gasteiger partial charge >= 0.3 is 0 Å². The number of carbonyl (C=O) groups is 1. The van der Waals surface area contributed by atoms with Crippen molar-refractivity contribution in [3.63, 3.8) is 0 Å². The zero-order chi connectivity index (χ0) is 27.3. The minimum Gasteiger partial charge on any atom is -0.497 e. The minimum absolute atomic E-state index is 0.0677. The van der Waals surface area contributed by atoms with Gasteiger partial charge in [-0.3, -0.25) is 14.3 Å². The lowest BCUT2D eigenvalue weighted by Gasteiger charge is -2.33. The molecule has 1 atom stereocenters. The van der Waals surface area contributed by atoms with E-state index in [0.29, 0.717) is 18.5 Å². The summed E-state index contributed by atoms with van der Waals surface area (Å²) in [5.74, 6) is 0.678. The highest BCUT2D eigenvalue weighted by Gasteiger charge is 2.24. The zero-order valence-corrected chi connectivity index (χ0v) is 22.1. The predicted molar refractivity (Wildman–Crippen MR) is 146 cm³/mol. The zero-order valence-electron chi connectivity index (χ0n) is 21.3. The van der Waals surface area contributed by atoms with Crippen LogP contribution in [-0.4, -0.2) is 77.9 Å². The normalized spacial score (nSPS) is 15.6. The number of nitrogens with one attached hydrogen (secondary N) is 2. The Morgan fingerprint density at radius 3 is 2.58 bits per heavy atom. The first-order valence-corrected chi connectivity index (χ1v) is 14.1. The highest BCUT2D eigenvalue weighted by molar-refractivity contribution is 7.85. The number of fused-ring (bicyclic) bond motifs is 2. The Morgan fingerprint density at radius 2 is 1.89 bits per heavy atom. The molecule has 0 spiro atoms. The third-order valence-electron chi connectivity index (χ3n) is 6.47. The molecule has 5 rings (SSSR count). The molecule has 0 aliphatic carbocycles. The molecule has 1 aliphatic heterocycles. The molecule has 0 saturated carbocycles. The van der Waals surface area contributed by atoms with Gasteiger partial charge in [-0.1, -0.05) is 18.2 Å². The number of methoxy groups -OCH3 is 1. The average molecular weight is 541 g/mol. The highest BCUT2D eigenvalue weighted by Crippen LogP contribution is 2.28. The second-order valence-electron chi connectivity index (χ2n) is 9.35. The first-order chi connectivity index (χ1) is 18.1. The van der Waals surface area contributed by atoms with E-state index in [2.05, 4.69) is 20.2 Å². The number of rotatable bonds is 6. The van der Waals surface area contributed by atoms with Crippen LogP contribution in [0.25, 0.3) is 21.8 Å². The Labute approximate surface area is 221 Å². The molecule has 10 nitrogen and oxygen atoms in total. The summed E-state index contributed by atoms with van der Waals surface area (Å²) in [6, 6.07) is 17.5. The second-order valence-corrected chi connectivity index (χ2v) is 10.8. The molecule has 3 heterocycles. The fourth-order valence-electron chi connectivity index (χ4n) is 4.63. The molecule has 0 bridgehead atoms. The summed E-state index contributed by atoms with van der Waals surface area (Å²) in [4.78, 5) is 22.5. The number of ether oxygens (including phenoxy) is 1. The fraction of sp³-hybridized carbons (Fsp3) is 0.333. The molecule has 1 saturated heterocycles. The van der Waals surface area contributed by atoms with Gasteiger partial charge in [-0.2, -0.15) is 8.42 Å². The molecule has 2 aromatic carbocycles. The number of β-amino-alcohol motifs (C(OH)–C–C–N with tert-alkyl or cyclic N) is 1. The maximum Gasteiger partial charge on any atom is 0.267 e. The largest absolute Gasteiger partial charge is 0.497 e. The van der Waals surface area contributed by atoms with Gasteiger partial charge in [0.25, 0.3) is 16.0 Å². The van der Waals surface area contributed by atoms with Gasteiger partial charge in [0.1, 0.15) is 11.4 Å². The van der Waals surface area contributed by atoms with Gasteiger partial charge in [0.2, 0.25) is 0 Å². The molecule has 38 heavy (non-hydrogen) atoms. The van der Waals surface area contributed by atoms with Gasteiger partial charge in [-0.05, 0) is 54.8 Å². The Morgan fingerprint density at radius 1 is 1.18 bits per heavy atom. The Kier molecular flexibility index (Phi) is 8.62. The molecular formula is C27H32N4O6S. The van der Waals surface area contributed by atoms with Crippen LogP contribution in [0.5, 0.6) is 5.75 Å². The summed E-state index contributed by atoms with van der Waals surface area (Å²) in [7, 11) is -2.03. The van der Waals surface area contributed by atoms with Crippen molar-refractivity contribution in [2.24, 2.45) is 0 Å². The molecule has 2 aromatic heterocycles. The van der Waals surface area contributed by atoms with Gasteiger partial charge in [0.05, 0.1) is 25.0 Å². The van der Waals surface area contributed by atoms with Crippen molar-refractivity contribution in [1.29, 1.82) is 0 Å². The molecule has 202 valence electrons. The number of aromatic amines is 1. The van der Waals surface area contributed by atoms with E-state index in [4.69, 9.17) is 9.29 Å². The number of likely N-dealkylation sites (tertiary alicyclic amines) is 1. The number of carbonyl (C=O) groups excluding carboxylic acids is 1. The molecule has 1 fully saturated rings. The van der Waals surface area contributed by atoms with E-state index in [1.165, 1.54) is 0 Å². The number of para-hydroxylation sites is 1. The first-order valence-electron chi connectivity index (χ1n) is 12.2. The van der Waals surface area contributed by atoms with Crippen LogP contribution in [0.1, 0.15) is 35.0 Å². The van der Waals surface area contributed by atoms with Crippen molar-refractivity contribution in [2.45, 2.75) is 25.0 Å². The van der Waals surface area contributed by atoms with E-state index >= 15 is 0 Å². The van der Waals surface area contributed by atoms with E-state index in [1.807, 2.05) is 54.6 Å². The van der Waals surface area contributed by atoms with E-state index < -0.39 is 16.2 Å². The number of pyridine rings is 1. The first kappa shape index (κ1) is 27.5. The summed E-state index contributed by atoms with van der Waals surface area (Å²) >= 11 is 0. The molecule has 0 radical (unpaired) electrons. The van der Waals surface area contributed by atoms with Crippen LogP contribution in [0.4, 0.5) is 0 Å². The summed E-state index contributed by atoms with van der Waals surface area (Å²) in [5, 5.41) is 16.1. The van der Waals surface area contributed by atoms with E-state index in [0.717, 1.165) is 59.0 Å². The van der Waals surface area contributed by atoms with E-state index in [-0.39, 0.29) is 11.9 Å². The number of H-pyrrole nitrogens is 1. The van der Waals surface area contributed by atoms with Crippen molar-refractivity contribution in [1.82, 2.24) is 20.2 Å². The number of nitrogens with zero attached hydrogens (tertiary/aromatic N) is 2. The summed E-state index contributed by atoms with van der Waals surface area (Å²) in [6.07, 6.45) is 3.53. The summed E-state index contributed by atoms with van der Waals surface area (Å²) in [5.41, 5.74) is 3.25. The van der Waals surface area contributed by atoms with Crippen molar-refractivity contribution in [3.8, 4) is 5.75 Å². The van der Waals surface area contributed by atoms with Crippen molar-refractivity contribution >= 4 is 37.8 Å².